The summed E-state index contributed by atoms with van der Waals surface area (Å²) in [5.74, 6) is 0. The van der Waals surface area contributed by atoms with E-state index in [-0.39, 0.29) is 94.1 Å². The van der Waals surface area contributed by atoms with Crippen LogP contribution in [0.2, 0.25) is 0 Å². The first-order valence-corrected chi connectivity index (χ1v) is 2.86. The standard InChI is InChI=1S/CH3O4Si.3Na.H2O/c1-5-6(2,3)4;;;;/h1H3;;;;1H2/q-3;3*+1;. The van der Waals surface area contributed by atoms with Crippen LogP contribution >= 0.6 is 0 Å². The zero-order valence-electron chi connectivity index (χ0n) is 6.63. The first-order valence-electron chi connectivity index (χ1n) is 1.22. The molecule has 46 valence electrons. The van der Waals surface area contributed by atoms with Crippen LogP contribution in [0.5, 0.6) is 0 Å². The van der Waals surface area contributed by atoms with Gasteiger partial charge < -0.3 is 24.3 Å². The van der Waals surface area contributed by atoms with E-state index >= 15 is 0 Å². The van der Waals surface area contributed by atoms with E-state index in [9.17, 15) is 14.4 Å². The Hall–Kier alpha value is 3.02. The molecular formula is CH5Na3O5Si. The molecule has 0 radical (unpaired) electrons. The average Bonchev–Trinajstić information content (AvgIpc) is 1.35. The molecule has 0 aliphatic heterocycles. The monoisotopic (exact) mass is 194 g/mol. The third-order valence-corrected chi connectivity index (χ3v) is 0.750. The van der Waals surface area contributed by atoms with Crippen molar-refractivity contribution in [1.82, 2.24) is 0 Å². The predicted octanol–water partition coefficient (Wildman–Crippen LogP) is -13.7. The third-order valence-electron chi connectivity index (χ3n) is 0.250. The molecule has 0 amide bonds. The van der Waals surface area contributed by atoms with Crippen molar-refractivity contribution in [2.75, 3.05) is 7.11 Å². The minimum absolute atomic E-state index is 0. The molecule has 0 fully saturated rings. The van der Waals surface area contributed by atoms with Crippen molar-refractivity contribution in [3.63, 3.8) is 0 Å². The molecule has 10 heavy (non-hydrogen) atoms. The molecule has 0 rings (SSSR count). The van der Waals surface area contributed by atoms with Gasteiger partial charge in [0.05, 0.1) is 0 Å². The Morgan fingerprint density at radius 3 is 1.10 bits per heavy atom. The number of hydrogen-bond acceptors (Lipinski definition) is 4. The van der Waals surface area contributed by atoms with Gasteiger partial charge in [0.25, 0.3) is 0 Å². The molecule has 0 aliphatic carbocycles. The van der Waals surface area contributed by atoms with Gasteiger partial charge in [0, 0.05) is 7.11 Å². The fourth-order valence-corrected chi connectivity index (χ4v) is 0. The van der Waals surface area contributed by atoms with Crippen LogP contribution in [0.3, 0.4) is 0 Å². The smallest absolute Gasteiger partial charge is 0.861 e. The van der Waals surface area contributed by atoms with E-state index < -0.39 is 9.05 Å². The first-order chi connectivity index (χ1) is 2.56. The maximum Gasteiger partial charge on any atom is 1.00 e. The van der Waals surface area contributed by atoms with Gasteiger partial charge in [-0.2, -0.15) is 0 Å². The topological polar surface area (TPSA) is 110 Å². The molecular weight excluding hydrogens is 189 g/mol. The number of rotatable bonds is 1. The second-order valence-electron chi connectivity index (χ2n) is 0.704. The summed E-state index contributed by atoms with van der Waals surface area (Å²) >= 11 is 0. The van der Waals surface area contributed by atoms with Gasteiger partial charge in [0.1, 0.15) is 0 Å². The summed E-state index contributed by atoms with van der Waals surface area (Å²) in [4.78, 5) is 27.8. The van der Waals surface area contributed by atoms with E-state index in [1.165, 1.54) is 0 Å². The minimum atomic E-state index is -4.88. The van der Waals surface area contributed by atoms with Gasteiger partial charge in [0.2, 0.25) is 0 Å². The third kappa shape index (κ3) is 30.5. The molecule has 0 aliphatic rings. The molecule has 0 saturated carbocycles. The summed E-state index contributed by atoms with van der Waals surface area (Å²) in [6.07, 6.45) is 0. The molecule has 0 aromatic rings. The van der Waals surface area contributed by atoms with Crippen LogP contribution in [-0.4, -0.2) is 21.6 Å². The maximum atomic E-state index is 9.28. The van der Waals surface area contributed by atoms with Crippen LogP contribution < -0.4 is 103 Å². The Balaban J connectivity index is -0.0000000208. The number of hydrogen-bond donors (Lipinski definition) is 0. The van der Waals surface area contributed by atoms with Crippen molar-refractivity contribution in [2.24, 2.45) is 0 Å². The van der Waals surface area contributed by atoms with E-state index in [4.69, 9.17) is 0 Å². The van der Waals surface area contributed by atoms with Gasteiger partial charge in [0.15, 0.2) is 0 Å². The van der Waals surface area contributed by atoms with E-state index in [2.05, 4.69) is 4.43 Å². The quantitative estimate of drug-likeness (QED) is 0.386. The Morgan fingerprint density at radius 1 is 1.00 bits per heavy atom. The van der Waals surface area contributed by atoms with E-state index in [1.807, 2.05) is 0 Å². The van der Waals surface area contributed by atoms with Crippen LogP contribution in [0, 0.1) is 0 Å². The normalized spacial score (nSPS) is 7.20. The van der Waals surface area contributed by atoms with Gasteiger partial charge in [-0.25, -0.2) is 0 Å². The molecule has 0 aromatic carbocycles. The molecule has 9 heteroatoms. The van der Waals surface area contributed by atoms with Crippen LogP contribution in [0.4, 0.5) is 0 Å². The average molecular weight is 194 g/mol. The second kappa shape index (κ2) is 14.5. The van der Waals surface area contributed by atoms with Crippen molar-refractivity contribution in [1.29, 1.82) is 0 Å². The zero-order valence-corrected chi connectivity index (χ0v) is 13.6. The van der Waals surface area contributed by atoms with Crippen molar-refractivity contribution >= 4 is 9.05 Å². The van der Waals surface area contributed by atoms with E-state index in [0.29, 0.717) is 0 Å². The summed E-state index contributed by atoms with van der Waals surface area (Å²) in [6.45, 7) is 0. The van der Waals surface area contributed by atoms with Crippen molar-refractivity contribution < 1.29 is 113 Å². The van der Waals surface area contributed by atoms with Crippen molar-refractivity contribution in [3.05, 3.63) is 0 Å². The Morgan fingerprint density at radius 2 is 1.10 bits per heavy atom. The fraction of sp³-hybridized carbons (Fsp3) is 1.00. The fourth-order valence-electron chi connectivity index (χ4n) is 0. The summed E-state index contributed by atoms with van der Waals surface area (Å²) < 4.78 is 3.41. The van der Waals surface area contributed by atoms with Gasteiger partial charge >= 0.3 is 88.7 Å². The second-order valence-corrected chi connectivity index (χ2v) is 2.11. The van der Waals surface area contributed by atoms with E-state index in [0.717, 1.165) is 7.11 Å². The van der Waals surface area contributed by atoms with Crippen molar-refractivity contribution in [3.8, 4) is 0 Å². The van der Waals surface area contributed by atoms with Gasteiger partial charge in [-0.1, -0.05) is 0 Å². The molecule has 0 saturated heterocycles. The molecule has 0 atom stereocenters. The molecule has 0 aromatic heterocycles. The van der Waals surface area contributed by atoms with Gasteiger partial charge in [-0.05, 0) is 0 Å². The molecule has 0 bridgehead atoms. The van der Waals surface area contributed by atoms with Gasteiger partial charge in [-0.3, -0.25) is 0 Å². The van der Waals surface area contributed by atoms with Crippen LogP contribution in [0.1, 0.15) is 0 Å². The van der Waals surface area contributed by atoms with Crippen LogP contribution in [0.15, 0.2) is 0 Å². The Labute approximate surface area is 127 Å². The van der Waals surface area contributed by atoms with Crippen LogP contribution in [0.25, 0.3) is 0 Å². The first kappa shape index (κ1) is 29.2. The predicted molar refractivity (Wildman–Crippen MR) is 16.4 cm³/mol. The summed E-state index contributed by atoms with van der Waals surface area (Å²) in [7, 11) is -4.05. The SMILES string of the molecule is CO[Si]([O-])([O-])[O-].O.[Na+].[Na+].[Na+]. The van der Waals surface area contributed by atoms with Crippen LogP contribution in [-0.2, 0) is 4.43 Å². The Bertz CT molecular complexity index is 46.6. The largest absolute Gasteiger partial charge is 1.00 e. The molecule has 0 spiro atoms. The summed E-state index contributed by atoms with van der Waals surface area (Å²) in [5, 5.41) is 0. The molecule has 0 heterocycles. The minimum Gasteiger partial charge on any atom is -0.861 e. The Kier molecular flexibility index (Phi) is 42.5. The zero-order chi connectivity index (χ0) is 5.21. The summed E-state index contributed by atoms with van der Waals surface area (Å²) in [5.41, 5.74) is 0. The summed E-state index contributed by atoms with van der Waals surface area (Å²) in [6, 6.07) is 0. The maximum absolute atomic E-state index is 9.28. The van der Waals surface area contributed by atoms with E-state index in [1.54, 1.807) is 0 Å². The molecule has 2 N–H and O–H groups in total. The van der Waals surface area contributed by atoms with Gasteiger partial charge in [-0.15, -0.1) is 9.05 Å². The molecule has 0 unspecified atom stereocenters. The van der Waals surface area contributed by atoms with Crippen molar-refractivity contribution in [2.45, 2.75) is 0 Å². The molecule has 5 nitrogen and oxygen atoms in total.